The van der Waals surface area contributed by atoms with Gasteiger partial charge in [-0.1, -0.05) is 15.9 Å². The minimum atomic E-state index is 0.393. The zero-order valence-corrected chi connectivity index (χ0v) is 13.4. The Balaban J connectivity index is 2.34. The summed E-state index contributed by atoms with van der Waals surface area (Å²) in [7, 11) is 2.02. The molecule has 1 aliphatic carbocycles. The second kappa shape index (κ2) is 6.62. The fourth-order valence-corrected chi connectivity index (χ4v) is 2.97. The number of ether oxygens (including phenoxy) is 2. The minimum absolute atomic E-state index is 0.393. The van der Waals surface area contributed by atoms with Crippen molar-refractivity contribution < 1.29 is 9.47 Å². The maximum atomic E-state index is 5.71. The third-order valence-corrected chi connectivity index (χ3v) is 4.09. The highest BCUT2D eigenvalue weighted by Gasteiger charge is 2.33. The van der Waals surface area contributed by atoms with Gasteiger partial charge in [0.1, 0.15) is 0 Å². The number of halogens is 1. The fourth-order valence-electron chi connectivity index (χ4n) is 2.40. The average Bonchev–Trinajstić information content (AvgIpc) is 3.20. The second-order valence-electron chi connectivity index (χ2n) is 4.79. The molecular formula is C15H22BrNO2. The molecule has 1 fully saturated rings. The third-order valence-electron chi connectivity index (χ3n) is 3.40. The maximum absolute atomic E-state index is 5.71. The van der Waals surface area contributed by atoms with E-state index in [0.29, 0.717) is 19.3 Å². The van der Waals surface area contributed by atoms with E-state index in [-0.39, 0.29) is 0 Å². The van der Waals surface area contributed by atoms with E-state index in [1.54, 1.807) is 0 Å². The van der Waals surface area contributed by atoms with Gasteiger partial charge in [0.15, 0.2) is 11.5 Å². The van der Waals surface area contributed by atoms with E-state index < -0.39 is 0 Å². The Morgan fingerprint density at radius 2 is 1.79 bits per heavy atom. The van der Waals surface area contributed by atoms with Gasteiger partial charge in [0.05, 0.1) is 13.2 Å². The molecule has 4 heteroatoms. The van der Waals surface area contributed by atoms with Crippen molar-refractivity contribution in [1.29, 1.82) is 0 Å². The van der Waals surface area contributed by atoms with Crippen LogP contribution >= 0.6 is 15.9 Å². The van der Waals surface area contributed by atoms with Gasteiger partial charge in [0, 0.05) is 10.5 Å². The van der Waals surface area contributed by atoms with Crippen LogP contribution in [-0.4, -0.2) is 20.3 Å². The summed E-state index contributed by atoms with van der Waals surface area (Å²) in [5.41, 5.74) is 1.26. The van der Waals surface area contributed by atoms with Gasteiger partial charge < -0.3 is 14.8 Å². The number of hydrogen-bond donors (Lipinski definition) is 1. The van der Waals surface area contributed by atoms with Crippen LogP contribution in [0.4, 0.5) is 0 Å². The Bertz CT molecular complexity index is 432. The van der Waals surface area contributed by atoms with Gasteiger partial charge in [-0.2, -0.15) is 0 Å². The lowest BCUT2D eigenvalue weighted by Crippen LogP contribution is -2.19. The van der Waals surface area contributed by atoms with Crippen molar-refractivity contribution in [3.8, 4) is 11.5 Å². The molecule has 1 aromatic rings. The molecule has 1 atom stereocenters. The van der Waals surface area contributed by atoms with Gasteiger partial charge >= 0.3 is 0 Å². The number of benzene rings is 1. The standard InChI is InChI=1S/C15H22BrNO2/c1-4-18-13-8-11(15(17-3)10-6-7-10)12(16)9-14(13)19-5-2/h8-10,15,17H,4-7H2,1-3H3. The van der Waals surface area contributed by atoms with Crippen LogP contribution in [0.25, 0.3) is 0 Å². The van der Waals surface area contributed by atoms with Gasteiger partial charge in [-0.3, -0.25) is 0 Å². The molecule has 0 bridgehead atoms. The summed E-state index contributed by atoms with van der Waals surface area (Å²) in [6.07, 6.45) is 2.60. The topological polar surface area (TPSA) is 30.5 Å². The van der Waals surface area contributed by atoms with Crippen LogP contribution in [0.3, 0.4) is 0 Å². The predicted molar refractivity (Wildman–Crippen MR) is 81.0 cm³/mol. The number of rotatable bonds is 7. The molecule has 0 spiro atoms. The Morgan fingerprint density at radius 3 is 2.26 bits per heavy atom. The van der Waals surface area contributed by atoms with Crippen molar-refractivity contribution in [2.75, 3.05) is 20.3 Å². The fraction of sp³-hybridized carbons (Fsp3) is 0.600. The number of hydrogen-bond acceptors (Lipinski definition) is 3. The van der Waals surface area contributed by atoms with E-state index in [1.807, 2.05) is 27.0 Å². The normalized spacial score (nSPS) is 16.2. The first kappa shape index (κ1) is 14.7. The monoisotopic (exact) mass is 327 g/mol. The molecule has 1 aromatic carbocycles. The molecule has 0 radical (unpaired) electrons. The lowest BCUT2D eigenvalue weighted by molar-refractivity contribution is 0.286. The van der Waals surface area contributed by atoms with E-state index in [2.05, 4.69) is 27.3 Å². The molecule has 3 nitrogen and oxygen atoms in total. The van der Waals surface area contributed by atoms with Crippen LogP contribution in [0.1, 0.15) is 38.3 Å². The van der Waals surface area contributed by atoms with E-state index >= 15 is 0 Å². The van der Waals surface area contributed by atoms with Crippen LogP contribution < -0.4 is 14.8 Å². The lowest BCUT2D eigenvalue weighted by atomic mass is 10.0. The first-order valence-corrected chi connectivity index (χ1v) is 7.76. The summed E-state index contributed by atoms with van der Waals surface area (Å²) in [6, 6.07) is 4.53. The highest BCUT2D eigenvalue weighted by atomic mass is 79.9. The molecule has 1 unspecified atom stereocenters. The molecule has 2 rings (SSSR count). The van der Waals surface area contributed by atoms with Crippen LogP contribution in [0.5, 0.6) is 11.5 Å². The van der Waals surface area contributed by atoms with Crippen LogP contribution in [0.2, 0.25) is 0 Å². The smallest absolute Gasteiger partial charge is 0.162 e. The summed E-state index contributed by atoms with van der Waals surface area (Å²) in [5.74, 6) is 2.39. The first-order chi connectivity index (χ1) is 9.21. The van der Waals surface area contributed by atoms with Crippen molar-refractivity contribution >= 4 is 15.9 Å². The molecule has 0 saturated heterocycles. The van der Waals surface area contributed by atoms with Crippen molar-refractivity contribution in [2.45, 2.75) is 32.7 Å². The van der Waals surface area contributed by atoms with E-state index in [9.17, 15) is 0 Å². The van der Waals surface area contributed by atoms with Crippen LogP contribution in [-0.2, 0) is 0 Å². The van der Waals surface area contributed by atoms with Crippen molar-refractivity contribution in [3.05, 3.63) is 22.2 Å². The summed E-state index contributed by atoms with van der Waals surface area (Å²) in [6.45, 7) is 5.27. The molecule has 0 heterocycles. The zero-order chi connectivity index (χ0) is 13.8. The third kappa shape index (κ3) is 3.42. The van der Waals surface area contributed by atoms with E-state index in [4.69, 9.17) is 9.47 Å². The van der Waals surface area contributed by atoms with Gasteiger partial charge in [-0.15, -0.1) is 0 Å². The maximum Gasteiger partial charge on any atom is 0.162 e. The van der Waals surface area contributed by atoms with Gasteiger partial charge in [-0.25, -0.2) is 0 Å². The molecular weight excluding hydrogens is 306 g/mol. The SMILES string of the molecule is CCOc1cc(Br)c(C(NC)C2CC2)cc1OCC. The summed E-state index contributed by atoms with van der Waals surface area (Å²) in [4.78, 5) is 0. The van der Waals surface area contributed by atoms with Gasteiger partial charge in [0.25, 0.3) is 0 Å². The second-order valence-corrected chi connectivity index (χ2v) is 5.64. The highest BCUT2D eigenvalue weighted by Crippen LogP contribution is 2.45. The Labute approximate surface area is 123 Å². The van der Waals surface area contributed by atoms with Crippen molar-refractivity contribution in [1.82, 2.24) is 5.32 Å². The minimum Gasteiger partial charge on any atom is -0.490 e. The Morgan fingerprint density at radius 1 is 1.21 bits per heavy atom. The lowest BCUT2D eigenvalue weighted by Gasteiger charge is -2.20. The van der Waals surface area contributed by atoms with Gasteiger partial charge in [-0.05, 0) is 57.4 Å². The first-order valence-electron chi connectivity index (χ1n) is 6.97. The van der Waals surface area contributed by atoms with E-state index in [0.717, 1.165) is 21.9 Å². The Kier molecular flexibility index (Phi) is 5.11. The predicted octanol–water partition coefficient (Wildman–Crippen LogP) is 3.92. The average molecular weight is 328 g/mol. The summed E-state index contributed by atoms with van der Waals surface area (Å²) in [5, 5.41) is 3.42. The molecule has 1 N–H and O–H groups in total. The van der Waals surface area contributed by atoms with Gasteiger partial charge in [0.2, 0.25) is 0 Å². The molecule has 0 amide bonds. The number of nitrogens with one attached hydrogen (secondary N) is 1. The van der Waals surface area contributed by atoms with Crippen molar-refractivity contribution in [2.24, 2.45) is 5.92 Å². The quantitative estimate of drug-likeness (QED) is 0.823. The summed E-state index contributed by atoms with van der Waals surface area (Å²) < 4.78 is 12.4. The molecule has 1 aliphatic rings. The largest absolute Gasteiger partial charge is 0.490 e. The molecule has 0 aliphatic heterocycles. The Hall–Kier alpha value is -0.740. The van der Waals surface area contributed by atoms with E-state index in [1.165, 1.54) is 18.4 Å². The zero-order valence-electron chi connectivity index (χ0n) is 11.8. The molecule has 0 aromatic heterocycles. The highest BCUT2D eigenvalue weighted by molar-refractivity contribution is 9.10. The molecule has 106 valence electrons. The molecule has 1 saturated carbocycles. The van der Waals surface area contributed by atoms with Crippen LogP contribution in [0.15, 0.2) is 16.6 Å². The molecule has 19 heavy (non-hydrogen) atoms. The van der Waals surface area contributed by atoms with Crippen molar-refractivity contribution in [3.63, 3.8) is 0 Å². The van der Waals surface area contributed by atoms with Crippen LogP contribution in [0, 0.1) is 5.92 Å². The summed E-state index contributed by atoms with van der Waals surface area (Å²) >= 11 is 3.66.